The Kier molecular flexibility index (Phi) is 4.86. The van der Waals surface area contributed by atoms with E-state index < -0.39 is 5.41 Å². The van der Waals surface area contributed by atoms with E-state index in [1.165, 1.54) is 0 Å². The van der Waals surface area contributed by atoms with Crippen molar-refractivity contribution in [2.24, 2.45) is 11.3 Å². The third-order valence-corrected chi connectivity index (χ3v) is 3.72. The summed E-state index contributed by atoms with van der Waals surface area (Å²) >= 11 is 0. The Hall–Kier alpha value is -1.88. The van der Waals surface area contributed by atoms with Crippen molar-refractivity contribution in [2.45, 2.75) is 34.1 Å². The second-order valence-electron chi connectivity index (χ2n) is 6.78. The molecule has 2 amide bonds. The molecule has 0 bridgehead atoms. The summed E-state index contributed by atoms with van der Waals surface area (Å²) in [4.78, 5) is 24.1. The van der Waals surface area contributed by atoms with Gasteiger partial charge in [0.2, 0.25) is 11.8 Å². The lowest BCUT2D eigenvalue weighted by atomic mass is 9.95. The van der Waals surface area contributed by atoms with Gasteiger partial charge >= 0.3 is 0 Å². The summed E-state index contributed by atoms with van der Waals surface area (Å²) in [6.45, 7) is 8.66. The molecule has 5 nitrogen and oxygen atoms in total. The zero-order valence-corrected chi connectivity index (χ0v) is 13.7. The number of carbonyl (C=O) groups excluding carboxylic acids is 2. The Morgan fingerprint density at radius 1 is 1.23 bits per heavy atom. The molecule has 1 heterocycles. The Balaban J connectivity index is 2.03. The van der Waals surface area contributed by atoms with Gasteiger partial charge in [-0.1, -0.05) is 20.8 Å². The molecule has 2 rings (SSSR count). The topological polar surface area (TPSA) is 67.4 Å². The van der Waals surface area contributed by atoms with Crippen LogP contribution in [0.2, 0.25) is 0 Å². The lowest BCUT2D eigenvalue weighted by Crippen LogP contribution is -2.28. The summed E-state index contributed by atoms with van der Waals surface area (Å²) in [5.74, 6) is -0.112. The van der Waals surface area contributed by atoms with Gasteiger partial charge < -0.3 is 15.4 Å². The van der Waals surface area contributed by atoms with E-state index in [-0.39, 0.29) is 17.7 Å². The molecule has 0 radical (unpaired) electrons. The average molecular weight is 304 g/mol. The lowest BCUT2D eigenvalue weighted by molar-refractivity contribution is -0.123. The third kappa shape index (κ3) is 4.07. The van der Waals surface area contributed by atoms with E-state index in [0.717, 1.165) is 23.4 Å². The van der Waals surface area contributed by atoms with Crippen molar-refractivity contribution in [3.63, 3.8) is 0 Å². The fourth-order valence-electron chi connectivity index (χ4n) is 2.18. The molecule has 120 valence electrons. The zero-order valence-electron chi connectivity index (χ0n) is 13.7. The number of hydrogen-bond acceptors (Lipinski definition) is 3. The highest BCUT2D eigenvalue weighted by atomic mass is 16.5. The average Bonchev–Trinajstić information content (AvgIpc) is 2.94. The standard InChI is InChI=1S/C17H24N2O3/c1-11-9-13(18-15(20)12-7-8-22-10-12)5-6-14(11)19-16(21)17(2,3)4/h5-6,9,12H,7-8,10H2,1-4H3,(H,18,20)(H,19,21). The van der Waals surface area contributed by atoms with E-state index in [0.29, 0.717) is 13.2 Å². The van der Waals surface area contributed by atoms with Crippen molar-refractivity contribution >= 4 is 23.2 Å². The lowest BCUT2D eigenvalue weighted by Gasteiger charge is -2.19. The van der Waals surface area contributed by atoms with Crippen LogP contribution in [0.4, 0.5) is 11.4 Å². The first-order chi connectivity index (χ1) is 10.3. The number of amides is 2. The fourth-order valence-corrected chi connectivity index (χ4v) is 2.18. The van der Waals surface area contributed by atoms with Gasteiger partial charge in [0, 0.05) is 23.4 Å². The minimum absolute atomic E-state index is 0.0108. The first-order valence-electron chi connectivity index (χ1n) is 7.58. The Morgan fingerprint density at radius 3 is 2.50 bits per heavy atom. The minimum atomic E-state index is -0.443. The van der Waals surface area contributed by atoms with Crippen LogP contribution in [0.25, 0.3) is 0 Å². The largest absolute Gasteiger partial charge is 0.381 e. The summed E-state index contributed by atoms with van der Waals surface area (Å²) in [5, 5.41) is 5.82. The number of hydrogen-bond donors (Lipinski definition) is 2. The smallest absolute Gasteiger partial charge is 0.229 e. The van der Waals surface area contributed by atoms with E-state index >= 15 is 0 Å². The van der Waals surface area contributed by atoms with Crippen LogP contribution in [0.15, 0.2) is 18.2 Å². The van der Waals surface area contributed by atoms with Gasteiger partial charge in [-0.3, -0.25) is 9.59 Å². The van der Waals surface area contributed by atoms with Crippen LogP contribution in [0, 0.1) is 18.3 Å². The number of carbonyl (C=O) groups is 2. The number of rotatable bonds is 3. The monoisotopic (exact) mass is 304 g/mol. The molecule has 0 aromatic heterocycles. The van der Waals surface area contributed by atoms with Gasteiger partial charge in [-0.05, 0) is 37.1 Å². The molecule has 1 aliphatic rings. The summed E-state index contributed by atoms with van der Waals surface area (Å²) in [5.41, 5.74) is 1.98. The molecule has 0 spiro atoms. The fraction of sp³-hybridized carbons (Fsp3) is 0.529. The van der Waals surface area contributed by atoms with Crippen molar-refractivity contribution < 1.29 is 14.3 Å². The number of nitrogens with one attached hydrogen (secondary N) is 2. The quantitative estimate of drug-likeness (QED) is 0.902. The second-order valence-corrected chi connectivity index (χ2v) is 6.78. The molecule has 5 heteroatoms. The molecule has 1 fully saturated rings. The van der Waals surface area contributed by atoms with Crippen LogP contribution < -0.4 is 10.6 Å². The summed E-state index contributed by atoms with van der Waals surface area (Å²) in [6, 6.07) is 5.49. The Morgan fingerprint density at radius 2 is 1.95 bits per heavy atom. The van der Waals surface area contributed by atoms with Gasteiger partial charge in [-0.15, -0.1) is 0 Å². The second kappa shape index (κ2) is 6.48. The molecular formula is C17H24N2O3. The summed E-state index contributed by atoms with van der Waals surface area (Å²) in [6.07, 6.45) is 0.768. The minimum Gasteiger partial charge on any atom is -0.381 e. The van der Waals surface area contributed by atoms with Crippen molar-refractivity contribution in [2.75, 3.05) is 23.8 Å². The van der Waals surface area contributed by atoms with Crippen LogP contribution in [0.5, 0.6) is 0 Å². The zero-order chi connectivity index (χ0) is 16.3. The van der Waals surface area contributed by atoms with E-state index in [9.17, 15) is 9.59 Å². The van der Waals surface area contributed by atoms with Gasteiger partial charge in [0.15, 0.2) is 0 Å². The maximum atomic E-state index is 12.1. The number of benzene rings is 1. The van der Waals surface area contributed by atoms with Crippen molar-refractivity contribution in [1.29, 1.82) is 0 Å². The predicted molar refractivity (Wildman–Crippen MR) is 86.8 cm³/mol. The van der Waals surface area contributed by atoms with Crippen LogP contribution in [0.3, 0.4) is 0 Å². The van der Waals surface area contributed by atoms with Gasteiger partial charge in [0.05, 0.1) is 12.5 Å². The van der Waals surface area contributed by atoms with Crippen LogP contribution in [0.1, 0.15) is 32.8 Å². The first kappa shape index (κ1) is 16.5. The van der Waals surface area contributed by atoms with Gasteiger partial charge in [-0.2, -0.15) is 0 Å². The van der Waals surface area contributed by atoms with Gasteiger partial charge in [0.25, 0.3) is 0 Å². The number of aryl methyl sites for hydroxylation is 1. The van der Waals surface area contributed by atoms with Crippen molar-refractivity contribution in [1.82, 2.24) is 0 Å². The molecule has 1 aromatic rings. The highest BCUT2D eigenvalue weighted by Gasteiger charge is 2.24. The molecule has 1 unspecified atom stereocenters. The van der Waals surface area contributed by atoms with Crippen LogP contribution in [-0.2, 0) is 14.3 Å². The molecule has 1 aromatic carbocycles. The molecule has 0 aliphatic carbocycles. The normalized spacial score (nSPS) is 18.1. The molecule has 1 atom stereocenters. The van der Waals surface area contributed by atoms with Crippen LogP contribution >= 0.6 is 0 Å². The molecule has 0 saturated carbocycles. The number of ether oxygens (including phenoxy) is 1. The Bertz CT molecular complexity index is 570. The maximum Gasteiger partial charge on any atom is 0.229 e. The summed E-state index contributed by atoms with van der Waals surface area (Å²) in [7, 11) is 0. The molecular weight excluding hydrogens is 280 g/mol. The highest BCUT2D eigenvalue weighted by molar-refractivity contribution is 5.96. The SMILES string of the molecule is Cc1cc(NC(=O)C2CCOC2)ccc1NC(=O)C(C)(C)C. The van der Waals surface area contributed by atoms with E-state index in [1.54, 1.807) is 6.07 Å². The molecule has 22 heavy (non-hydrogen) atoms. The Labute approximate surface area is 131 Å². The van der Waals surface area contributed by atoms with Gasteiger partial charge in [0.1, 0.15) is 0 Å². The van der Waals surface area contributed by atoms with E-state index in [2.05, 4.69) is 10.6 Å². The van der Waals surface area contributed by atoms with Crippen molar-refractivity contribution in [3.05, 3.63) is 23.8 Å². The third-order valence-electron chi connectivity index (χ3n) is 3.72. The molecule has 2 N–H and O–H groups in total. The molecule has 1 aliphatic heterocycles. The van der Waals surface area contributed by atoms with E-state index in [1.807, 2.05) is 39.8 Å². The highest BCUT2D eigenvalue weighted by Crippen LogP contribution is 2.24. The molecule has 1 saturated heterocycles. The number of anilines is 2. The van der Waals surface area contributed by atoms with Gasteiger partial charge in [-0.25, -0.2) is 0 Å². The van der Waals surface area contributed by atoms with Crippen LogP contribution in [-0.4, -0.2) is 25.0 Å². The maximum absolute atomic E-state index is 12.1. The summed E-state index contributed by atoms with van der Waals surface area (Å²) < 4.78 is 5.23. The predicted octanol–water partition coefficient (Wildman–Crippen LogP) is 2.95. The first-order valence-corrected chi connectivity index (χ1v) is 7.58. The van der Waals surface area contributed by atoms with Crippen molar-refractivity contribution in [3.8, 4) is 0 Å². The van der Waals surface area contributed by atoms with E-state index in [4.69, 9.17) is 4.74 Å².